The van der Waals surface area contributed by atoms with Crippen molar-refractivity contribution in [3.63, 3.8) is 0 Å². The van der Waals surface area contributed by atoms with Crippen LogP contribution < -0.4 is 5.48 Å². The number of carbonyl (C=O) groups is 1. The largest absolute Gasteiger partial charge is 0.305 e. The van der Waals surface area contributed by atoms with Crippen LogP contribution in [0, 0.1) is 0 Å². The molecule has 0 saturated carbocycles. The van der Waals surface area contributed by atoms with Gasteiger partial charge in [0.05, 0.1) is 9.79 Å². The number of nitrogens with one attached hydrogen (secondary N) is 1. The summed E-state index contributed by atoms with van der Waals surface area (Å²) in [5.74, 6) is -0.693. The monoisotopic (exact) mass is 507 g/mol. The molecule has 1 heterocycles. The van der Waals surface area contributed by atoms with E-state index in [0.29, 0.717) is 5.56 Å². The molecule has 34 heavy (non-hydrogen) atoms. The van der Waals surface area contributed by atoms with Gasteiger partial charge < -0.3 is 4.90 Å². The van der Waals surface area contributed by atoms with Gasteiger partial charge in [-0.25, -0.2) is 17.9 Å². The first kappa shape index (κ1) is 27.0. The predicted octanol–water partition coefficient (Wildman–Crippen LogP) is 2.24. The second-order valence-corrected chi connectivity index (χ2v) is 10.5. The van der Waals surface area contributed by atoms with Crippen molar-refractivity contribution < 1.29 is 31.4 Å². The zero-order valence-electron chi connectivity index (χ0n) is 18.4. The van der Waals surface area contributed by atoms with Crippen LogP contribution in [0.25, 0.3) is 6.08 Å². The lowest BCUT2D eigenvalue weighted by molar-refractivity contribution is -0.124. The van der Waals surface area contributed by atoms with Crippen LogP contribution in [0.5, 0.6) is 0 Å². The molecule has 10 nitrogen and oxygen atoms in total. The van der Waals surface area contributed by atoms with Gasteiger partial charge in [0, 0.05) is 25.0 Å². The molecule has 182 valence electrons. The maximum Gasteiger partial charge on any atom is 0.294 e. The molecule has 0 aliphatic heterocycles. The van der Waals surface area contributed by atoms with E-state index in [0.717, 1.165) is 22.2 Å². The van der Waals surface area contributed by atoms with Gasteiger partial charge >= 0.3 is 0 Å². The maximum absolute atomic E-state index is 12.6. The third-order valence-electron chi connectivity index (χ3n) is 4.27. The molecule has 0 saturated heterocycles. The molecule has 0 radical (unpaired) electrons. The molecule has 1 amide bonds. The zero-order valence-corrected chi connectivity index (χ0v) is 20.1. The van der Waals surface area contributed by atoms with Crippen LogP contribution >= 0.6 is 0 Å². The minimum Gasteiger partial charge on any atom is -0.305 e. The maximum atomic E-state index is 12.6. The third-order valence-corrected chi connectivity index (χ3v) is 6.78. The van der Waals surface area contributed by atoms with Crippen molar-refractivity contribution in [3.8, 4) is 0 Å². The Morgan fingerprint density at radius 2 is 1.59 bits per heavy atom. The minimum absolute atomic E-state index is 0.0741. The van der Waals surface area contributed by atoms with Crippen LogP contribution in [-0.2, 0) is 31.5 Å². The topological polar surface area (TPSA) is 146 Å². The quantitative estimate of drug-likeness (QED) is 0.191. The van der Waals surface area contributed by atoms with E-state index in [4.69, 9.17) is 9.76 Å². The summed E-state index contributed by atoms with van der Waals surface area (Å²) < 4.78 is 55.5. The number of benzene rings is 2. The van der Waals surface area contributed by atoms with Crippen LogP contribution in [0.4, 0.5) is 0 Å². The fourth-order valence-corrected chi connectivity index (χ4v) is 4.40. The first-order chi connectivity index (χ1) is 15.9. The second-order valence-electron chi connectivity index (χ2n) is 7.26. The molecular weight excluding hydrogens is 482 g/mol. The molecule has 3 rings (SSSR count). The van der Waals surface area contributed by atoms with Gasteiger partial charge in [0.2, 0.25) is 0 Å². The highest BCUT2D eigenvalue weighted by molar-refractivity contribution is 7.90. The van der Waals surface area contributed by atoms with Gasteiger partial charge in [-0.15, -0.1) is 0 Å². The van der Waals surface area contributed by atoms with Crippen molar-refractivity contribution in [1.82, 2.24) is 14.4 Å². The smallest absolute Gasteiger partial charge is 0.294 e. The third kappa shape index (κ3) is 7.93. The van der Waals surface area contributed by atoms with Crippen LogP contribution in [0.2, 0.25) is 0 Å². The van der Waals surface area contributed by atoms with Gasteiger partial charge in [-0.1, -0.05) is 30.3 Å². The van der Waals surface area contributed by atoms with E-state index in [-0.39, 0.29) is 9.79 Å². The Bertz CT molecular complexity index is 1330. The standard InChI is InChI=1S/C16H19N3O4S.C6H6O3S/c1-18(2)11-13-3-6-15(7-4-13)24(22,23)19-10-9-14(12-19)5-8-16(20)17-21;7-10(8,9)6-4-2-1-3-5-6/h3-10,12,21H,11H2,1-2H3,(H,17,20);1-5H,(H,7,8,9)/b8-5+;. The fourth-order valence-electron chi connectivity index (χ4n) is 2.70. The molecule has 2 aromatic carbocycles. The van der Waals surface area contributed by atoms with Crippen molar-refractivity contribution in [3.05, 3.63) is 90.3 Å². The van der Waals surface area contributed by atoms with Crippen molar-refractivity contribution in [1.29, 1.82) is 0 Å². The Labute approximate surface area is 198 Å². The van der Waals surface area contributed by atoms with Crippen molar-refractivity contribution in [2.75, 3.05) is 14.1 Å². The van der Waals surface area contributed by atoms with Crippen LogP contribution in [0.15, 0.2) is 88.9 Å². The summed E-state index contributed by atoms with van der Waals surface area (Å²) in [5, 5.41) is 8.42. The van der Waals surface area contributed by atoms with E-state index in [1.165, 1.54) is 36.1 Å². The number of carbonyl (C=O) groups excluding carboxylic acids is 1. The van der Waals surface area contributed by atoms with Crippen molar-refractivity contribution in [2.24, 2.45) is 0 Å². The highest BCUT2D eigenvalue weighted by Crippen LogP contribution is 2.17. The molecule has 0 unspecified atom stereocenters. The summed E-state index contributed by atoms with van der Waals surface area (Å²) in [4.78, 5) is 13.0. The van der Waals surface area contributed by atoms with Gasteiger partial charge in [0.25, 0.3) is 26.0 Å². The predicted molar refractivity (Wildman–Crippen MR) is 126 cm³/mol. The SMILES string of the molecule is CN(C)Cc1ccc(S(=O)(=O)n2ccc(/C=C/C(=O)NO)c2)cc1.O=S(=O)(O)c1ccccc1. The van der Waals surface area contributed by atoms with Gasteiger partial charge in [-0.2, -0.15) is 8.42 Å². The number of hydrogen-bond donors (Lipinski definition) is 3. The molecule has 3 N–H and O–H groups in total. The van der Waals surface area contributed by atoms with Crippen molar-refractivity contribution in [2.45, 2.75) is 16.3 Å². The lowest BCUT2D eigenvalue weighted by atomic mass is 10.2. The summed E-state index contributed by atoms with van der Waals surface area (Å²) in [7, 11) is -3.81. The molecule has 3 aromatic rings. The minimum atomic E-state index is -4.00. The van der Waals surface area contributed by atoms with Gasteiger partial charge in [0.15, 0.2) is 0 Å². The number of hydroxylamine groups is 1. The molecule has 0 bridgehead atoms. The number of rotatable bonds is 7. The van der Waals surface area contributed by atoms with E-state index < -0.39 is 26.0 Å². The summed E-state index contributed by atoms with van der Waals surface area (Å²) in [6.07, 6.45) is 5.30. The molecular formula is C22H25N3O7S2. The summed E-state index contributed by atoms with van der Waals surface area (Å²) in [6.45, 7) is 0.728. The van der Waals surface area contributed by atoms with Crippen molar-refractivity contribution >= 4 is 32.1 Å². The number of nitrogens with zero attached hydrogens (tertiary/aromatic N) is 2. The highest BCUT2D eigenvalue weighted by atomic mass is 32.2. The lowest BCUT2D eigenvalue weighted by Gasteiger charge is -2.10. The summed E-state index contributed by atoms with van der Waals surface area (Å²) >= 11 is 0. The molecule has 0 aliphatic rings. The second kappa shape index (κ2) is 11.7. The first-order valence-electron chi connectivity index (χ1n) is 9.75. The molecule has 12 heteroatoms. The van der Waals surface area contributed by atoms with E-state index in [2.05, 4.69) is 0 Å². The van der Waals surface area contributed by atoms with Gasteiger partial charge in [-0.05, 0) is 61.6 Å². The Morgan fingerprint density at radius 3 is 2.09 bits per heavy atom. The summed E-state index contributed by atoms with van der Waals surface area (Å²) in [5.41, 5.74) is 3.00. The van der Waals surface area contributed by atoms with Gasteiger partial charge in [0.1, 0.15) is 0 Å². The number of hydrogen-bond acceptors (Lipinski definition) is 7. The van der Waals surface area contributed by atoms with E-state index in [9.17, 15) is 21.6 Å². The van der Waals surface area contributed by atoms with E-state index >= 15 is 0 Å². The molecule has 0 aliphatic carbocycles. The van der Waals surface area contributed by atoms with Gasteiger partial charge in [-0.3, -0.25) is 14.6 Å². The fraction of sp³-hybridized carbons (Fsp3) is 0.136. The average Bonchev–Trinajstić information content (AvgIpc) is 3.28. The van der Waals surface area contributed by atoms with Crippen LogP contribution in [0.1, 0.15) is 11.1 Å². The lowest BCUT2D eigenvalue weighted by Crippen LogP contribution is -2.14. The molecule has 0 spiro atoms. The van der Waals surface area contributed by atoms with Crippen LogP contribution in [0.3, 0.4) is 0 Å². The Kier molecular flexibility index (Phi) is 9.29. The van der Waals surface area contributed by atoms with E-state index in [1.807, 2.05) is 19.0 Å². The highest BCUT2D eigenvalue weighted by Gasteiger charge is 2.16. The average molecular weight is 508 g/mol. The Balaban J connectivity index is 0.000000340. The Hall–Kier alpha value is -3.29. The normalized spacial score (nSPS) is 11.8. The summed E-state index contributed by atoms with van der Waals surface area (Å²) in [6, 6.07) is 15.7. The number of amides is 1. The Morgan fingerprint density at radius 1 is 0.971 bits per heavy atom. The molecule has 0 atom stereocenters. The molecule has 0 fully saturated rings. The first-order valence-corrected chi connectivity index (χ1v) is 12.6. The number of aromatic nitrogens is 1. The zero-order chi connectivity index (χ0) is 25.4. The van der Waals surface area contributed by atoms with E-state index in [1.54, 1.807) is 48.5 Å². The van der Waals surface area contributed by atoms with Crippen LogP contribution in [-0.4, -0.2) is 55.5 Å². The molecule has 1 aromatic heterocycles.